The monoisotopic (exact) mass is 254 g/mol. The van der Waals surface area contributed by atoms with E-state index in [9.17, 15) is 9.59 Å². The van der Waals surface area contributed by atoms with Gasteiger partial charge in [0, 0.05) is 17.0 Å². The molecule has 4 heteroatoms. The summed E-state index contributed by atoms with van der Waals surface area (Å²) >= 11 is 5.80. The van der Waals surface area contributed by atoms with Crippen molar-refractivity contribution < 1.29 is 14.7 Å². The number of halogens is 1. The summed E-state index contributed by atoms with van der Waals surface area (Å²) in [7, 11) is 0. The topological polar surface area (TPSA) is 54.4 Å². The van der Waals surface area contributed by atoms with Crippen molar-refractivity contribution in [2.24, 2.45) is 5.41 Å². The summed E-state index contributed by atoms with van der Waals surface area (Å²) in [6, 6.07) is 6.69. The maximum absolute atomic E-state index is 11.9. The van der Waals surface area contributed by atoms with Crippen LogP contribution in [0.15, 0.2) is 24.3 Å². The van der Waals surface area contributed by atoms with Crippen LogP contribution < -0.4 is 0 Å². The Kier molecular flexibility index (Phi) is 4.29. The van der Waals surface area contributed by atoms with Crippen molar-refractivity contribution in [3.8, 4) is 0 Å². The van der Waals surface area contributed by atoms with Crippen LogP contribution in [0.1, 0.15) is 37.0 Å². The van der Waals surface area contributed by atoms with E-state index in [4.69, 9.17) is 16.7 Å². The third-order valence-electron chi connectivity index (χ3n) is 2.42. The van der Waals surface area contributed by atoms with Crippen LogP contribution in [0.4, 0.5) is 0 Å². The molecule has 17 heavy (non-hydrogen) atoms. The molecule has 0 atom stereocenters. The van der Waals surface area contributed by atoms with Crippen molar-refractivity contribution in [1.29, 1.82) is 0 Å². The molecule has 0 heterocycles. The minimum Gasteiger partial charge on any atom is -0.481 e. The summed E-state index contributed by atoms with van der Waals surface area (Å²) in [5, 5.41) is 9.25. The van der Waals surface area contributed by atoms with E-state index in [-0.39, 0.29) is 18.6 Å². The molecule has 1 aromatic rings. The molecule has 92 valence electrons. The summed E-state index contributed by atoms with van der Waals surface area (Å²) in [6.07, 6.45) is 0.166. The maximum Gasteiger partial charge on any atom is 0.303 e. The van der Waals surface area contributed by atoms with Gasteiger partial charge in [0.05, 0.1) is 6.42 Å². The Morgan fingerprint density at radius 1 is 1.29 bits per heavy atom. The van der Waals surface area contributed by atoms with Crippen LogP contribution >= 0.6 is 11.6 Å². The second-order valence-electron chi connectivity index (χ2n) is 4.85. The van der Waals surface area contributed by atoms with Gasteiger partial charge in [0.15, 0.2) is 5.78 Å². The Hall–Kier alpha value is -1.35. The summed E-state index contributed by atoms with van der Waals surface area (Å²) in [5.74, 6) is -0.979. The first-order valence-electron chi connectivity index (χ1n) is 5.31. The van der Waals surface area contributed by atoms with E-state index in [1.807, 2.05) is 0 Å². The molecule has 0 saturated heterocycles. The van der Waals surface area contributed by atoms with Crippen molar-refractivity contribution in [1.82, 2.24) is 0 Å². The molecule has 0 amide bonds. The van der Waals surface area contributed by atoms with E-state index in [0.29, 0.717) is 10.6 Å². The Morgan fingerprint density at radius 2 is 1.94 bits per heavy atom. The van der Waals surface area contributed by atoms with Crippen molar-refractivity contribution in [3.63, 3.8) is 0 Å². The zero-order chi connectivity index (χ0) is 13.1. The fraction of sp³-hybridized carbons (Fsp3) is 0.385. The van der Waals surface area contributed by atoms with Gasteiger partial charge in [-0.25, -0.2) is 0 Å². The Labute approximate surface area is 105 Å². The van der Waals surface area contributed by atoms with Gasteiger partial charge in [-0.1, -0.05) is 37.6 Å². The Bertz CT molecular complexity index is 438. The molecule has 1 rings (SSSR count). The maximum atomic E-state index is 11.9. The molecular weight excluding hydrogens is 240 g/mol. The molecule has 0 unspecified atom stereocenters. The van der Waals surface area contributed by atoms with Crippen molar-refractivity contribution >= 4 is 23.4 Å². The smallest absolute Gasteiger partial charge is 0.303 e. The third-order valence-corrected chi connectivity index (χ3v) is 2.65. The number of aliphatic carboxylic acids is 1. The van der Waals surface area contributed by atoms with Crippen LogP contribution in [0.5, 0.6) is 0 Å². The van der Waals surface area contributed by atoms with Crippen LogP contribution in [0.3, 0.4) is 0 Å². The number of carbonyl (C=O) groups excluding carboxylic acids is 1. The highest BCUT2D eigenvalue weighted by Crippen LogP contribution is 2.27. The molecule has 1 N–H and O–H groups in total. The number of carbonyl (C=O) groups is 2. The van der Waals surface area contributed by atoms with Crippen LogP contribution in [-0.4, -0.2) is 16.9 Å². The van der Waals surface area contributed by atoms with E-state index in [0.717, 1.165) is 0 Å². The Morgan fingerprint density at radius 3 is 2.47 bits per heavy atom. The lowest BCUT2D eigenvalue weighted by Gasteiger charge is -2.21. The van der Waals surface area contributed by atoms with Crippen molar-refractivity contribution in [2.75, 3.05) is 0 Å². The normalized spacial score (nSPS) is 11.2. The number of ketones is 1. The average Bonchev–Trinajstić information content (AvgIpc) is 2.14. The van der Waals surface area contributed by atoms with E-state index in [1.165, 1.54) is 0 Å². The highest BCUT2D eigenvalue weighted by atomic mass is 35.5. The van der Waals surface area contributed by atoms with Crippen molar-refractivity contribution in [3.05, 3.63) is 34.9 Å². The zero-order valence-electron chi connectivity index (χ0n) is 9.87. The molecular formula is C13H15ClO3. The number of hydrogen-bond acceptors (Lipinski definition) is 2. The molecule has 1 aromatic carbocycles. The number of carboxylic acid groups (broad SMARTS) is 1. The molecule has 0 saturated carbocycles. The molecule has 3 nitrogen and oxygen atoms in total. The van der Waals surface area contributed by atoms with Gasteiger partial charge in [0.25, 0.3) is 0 Å². The first kappa shape index (κ1) is 13.7. The highest BCUT2D eigenvalue weighted by Gasteiger charge is 2.25. The number of rotatable bonds is 5. The first-order chi connectivity index (χ1) is 7.80. The zero-order valence-corrected chi connectivity index (χ0v) is 10.6. The highest BCUT2D eigenvalue weighted by molar-refractivity contribution is 6.31. The lowest BCUT2D eigenvalue weighted by molar-refractivity contribution is -0.139. The lowest BCUT2D eigenvalue weighted by atomic mass is 9.82. The van der Waals surface area contributed by atoms with Gasteiger partial charge < -0.3 is 5.11 Å². The fourth-order valence-corrected chi connectivity index (χ4v) is 1.86. The van der Waals surface area contributed by atoms with Crippen molar-refractivity contribution in [2.45, 2.75) is 26.7 Å². The standard InChI is InChI=1S/C13H15ClO3/c1-13(2,8-12(16)17)7-11(15)9-4-3-5-10(14)6-9/h3-6H,7-8H2,1-2H3,(H,16,17). The summed E-state index contributed by atoms with van der Waals surface area (Å²) < 4.78 is 0. The van der Waals surface area contributed by atoms with Crippen LogP contribution in [0.25, 0.3) is 0 Å². The van der Waals surface area contributed by atoms with Gasteiger partial charge >= 0.3 is 5.97 Å². The van der Waals surface area contributed by atoms with Crippen LogP contribution in [-0.2, 0) is 4.79 Å². The predicted molar refractivity (Wildman–Crippen MR) is 66.4 cm³/mol. The van der Waals surface area contributed by atoms with Gasteiger partial charge in [-0.15, -0.1) is 0 Å². The first-order valence-corrected chi connectivity index (χ1v) is 5.68. The van der Waals surface area contributed by atoms with E-state index >= 15 is 0 Å². The van der Waals surface area contributed by atoms with Gasteiger partial charge in [-0.05, 0) is 17.5 Å². The quantitative estimate of drug-likeness (QED) is 0.819. The van der Waals surface area contributed by atoms with E-state index in [1.54, 1.807) is 38.1 Å². The molecule has 0 aliphatic carbocycles. The van der Waals surface area contributed by atoms with Gasteiger partial charge in [0.2, 0.25) is 0 Å². The number of carboxylic acids is 1. The van der Waals surface area contributed by atoms with Gasteiger partial charge in [-0.2, -0.15) is 0 Å². The summed E-state index contributed by atoms with van der Waals surface area (Å²) in [5.41, 5.74) is -0.0263. The van der Waals surface area contributed by atoms with E-state index < -0.39 is 11.4 Å². The van der Waals surface area contributed by atoms with Crippen LogP contribution in [0.2, 0.25) is 5.02 Å². The van der Waals surface area contributed by atoms with Gasteiger partial charge in [0.1, 0.15) is 0 Å². The molecule has 0 aliphatic rings. The number of Topliss-reactive ketones (excluding diaryl/α,β-unsaturated/α-hetero) is 1. The average molecular weight is 255 g/mol. The lowest BCUT2D eigenvalue weighted by Crippen LogP contribution is -2.21. The second kappa shape index (κ2) is 5.32. The molecule has 0 aliphatic heterocycles. The molecule has 0 bridgehead atoms. The molecule has 0 fully saturated rings. The molecule has 0 aromatic heterocycles. The van der Waals surface area contributed by atoms with Gasteiger partial charge in [-0.3, -0.25) is 9.59 Å². The SMILES string of the molecule is CC(C)(CC(=O)O)CC(=O)c1cccc(Cl)c1. The third kappa shape index (κ3) is 4.57. The minimum absolute atomic E-state index is 0.0285. The fourth-order valence-electron chi connectivity index (χ4n) is 1.67. The molecule has 0 spiro atoms. The Balaban J connectivity index is 2.75. The summed E-state index contributed by atoms with van der Waals surface area (Å²) in [4.78, 5) is 22.6. The number of hydrogen-bond donors (Lipinski definition) is 1. The minimum atomic E-state index is -0.895. The number of benzene rings is 1. The van der Waals surface area contributed by atoms with E-state index in [2.05, 4.69) is 0 Å². The second-order valence-corrected chi connectivity index (χ2v) is 5.28. The molecule has 0 radical (unpaired) electrons. The summed E-state index contributed by atoms with van der Waals surface area (Å²) in [6.45, 7) is 3.53. The largest absolute Gasteiger partial charge is 0.481 e. The predicted octanol–water partition coefficient (Wildman–Crippen LogP) is 3.41. The van der Waals surface area contributed by atoms with Crippen LogP contribution in [0, 0.1) is 5.41 Å².